The molecular weight excluding hydrogens is 424 g/mol. The second kappa shape index (κ2) is 7.41. The van der Waals surface area contributed by atoms with Crippen molar-refractivity contribution >= 4 is 17.8 Å². The standard InChI is InChI=1S/C26H18O7/c27-16-4-2-15(3-5-16)18-13-23(28)32-20-8-6-17-25(29)22(33-26(17)24(18)20)12-14-1-7-19-21(11-14)31-10-9-30-19/h1-8,11-12,18,27H,9-10,13H2/b22-12-/t18-/m0/s1. The molecule has 0 fully saturated rings. The molecular formula is C26H18O7. The van der Waals surface area contributed by atoms with Crippen molar-refractivity contribution < 1.29 is 33.6 Å². The first-order chi connectivity index (χ1) is 16.1. The molecule has 3 aliphatic rings. The van der Waals surface area contributed by atoms with Gasteiger partial charge in [-0.15, -0.1) is 0 Å². The molecule has 0 aliphatic carbocycles. The Morgan fingerprint density at radius 1 is 0.848 bits per heavy atom. The monoisotopic (exact) mass is 442 g/mol. The molecule has 0 spiro atoms. The smallest absolute Gasteiger partial charge is 0.312 e. The third kappa shape index (κ3) is 3.29. The number of allylic oxidation sites excluding steroid dienone is 1. The van der Waals surface area contributed by atoms with Crippen molar-refractivity contribution in [2.45, 2.75) is 12.3 Å². The number of aromatic hydroxyl groups is 1. The van der Waals surface area contributed by atoms with E-state index in [0.717, 1.165) is 11.1 Å². The number of rotatable bonds is 2. The van der Waals surface area contributed by atoms with Crippen LogP contribution in [0.25, 0.3) is 6.08 Å². The molecule has 0 saturated carbocycles. The van der Waals surface area contributed by atoms with Gasteiger partial charge < -0.3 is 24.1 Å². The van der Waals surface area contributed by atoms with E-state index in [9.17, 15) is 14.7 Å². The Hall–Kier alpha value is -4.26. The average Bonchev–Trinajstić information content (AvgIpc) is 3.14. The first kappa shape index (κ1) is 19.4. The van der Waals surface area contributed by atoms with Gasteiger partial charge in [0.2, 0.25) is 5.78 Å². The molecule has 3 heterocycles. The van der Waals surface area contributed by atoms with E-state index in [1.54, 1.807) is 54.6 Å². The first-order valence-corrected chi connectivity index (χ1v) is 10.6. The number of Topliss-reactive ketones (excluding diaryl/α,β-unsaturated/α-hetero) is 1. The second-order valence-electron chi connectivity index (χ2n) is 8.02. The Labute approximate surface area is 188 Å². The molecule has 0 bridgehead atoms. The molecule has 3 aromatic rings. The van der Waals surface area contributed by atoms with Crippen LogP contribution in [0.15, 0.2) is 60.4 Å². The minimum atomic E-state index is -0.364. The summed E-state index contributed by atoms with van der Waals surface area (Å²) in [7, 11) is 0. The summed E-state index contributed by atoms with van der Waals surface area (Å²) < 4.78 is 22.7. The van der Waals surface area contributed by atoms with E-state index in [1.165, 1.54) is 0 Å². The quantitative estimate of drug-likeness (QED) is 0.361. The molecule has 0 unspecified atom stereocenters. The summed E-state index contributed by atoms with van der Waals surface area (Å²) in [5.41, 5.74) is 2.63. The molecule has 1 N–H and O–H groups in total. The van der Waals surface area contributed by atoms with Crippen LogP contribution in [0.4, 0.5) is 0 Å². The number of phenols is 1. The predicted octanol–water partition coefficient (Wildman–Crippen LogP) is 4.22. The van der Waals surface area contributed by atoms with Gasteiger partial charge in [-0.1, -0.05) is 18.2 Å². The van der Waals surface area contributed by atoms with Gasteiger partial charge in [0.1, 0.15) is 30.5 Å². The maximum absolute atomic E-state index is 13.1. The molecule has 1 atom stereocenters. The molecule has 0 saturated heterocycles. The number of hydrogen-bond donors (Lipinski definition) is 1. The average molecular weight is 442 g/mol. The highest BCUT2D eigenvalue weighted by Crippen LogP contribution is 2.49. The number of phenolic OH excluding ortho intramolecular Hbond substituents is 1. The number of hydrogen-bond acceptors (Lipinski definition) is 7. The number of ether oxygens (including phenoxy) is 4. The Morgan fingerprint density at radius 2 is 1.61 bits per heavy atom. The minimum Gasteiger partial charge on any atom is -0.508 e. The fraction of sp³-hybridized carbons (Fsp3) is 0.154. The molecule has 0 amide bonds. The molecule has 6 rings (SSSR count). The summed E-state index contributed by atoms with van der Waals surface area (Å²) in [6.07, 6.45) is 1.77. The van der Waals surface area contributed by atoms with Crippen molar-refractivity contribution in [2.75, 3.05) is 13.2 Å². The Bertz CT molecular complexity index is 1340. The fourth-order valence-corrected chi connectivity index (χ4v) is 4.40. The minimum absolute atomic E-state index is 0.104. The van der Waals surface area contributed by atoms with Crippen molar-refractivity contribution in [3.05, 3.63) is 82.6 Å². The number of esters is 1. The van der Waals surface area contributed by atoms with Crippen LogP contribution in [-0.2, 0) is 4.79 Å². The number of carbonyl (C=O) groups is 2. The van der Waals surface area contributed by atoms with Gasteiger partial charge in [0.05, 0.1) is 12.0 Å². The van der Waals surface area contributed by atoms with E-state index in [-0.39, 0.29) is 35.6 Å². The van der Waals surface area contributed by atoms with Gasteiger partial charge in [-0.2, -0.15) is 0 Å². The zero-order valence-corrected chi connectivity index (χ0v) is 17.4. The van der Waals surface area contributed by atoms with Gasteiger partial charge in [0, 0.05) is 11.5 Å². The third-order valence-corrected chi connectivity index (χ3v) is 5.94. The fourth-order valence-electron chi connectivity index (χ4n) is 4.40. The SMILES string of the molecule is O=C1C[C@@H](c2ccc(O)cc2)c2c(ccc3c2O/C(=C\c2ccc4c(c2)OCCO4)C3=O)O1. The van der Waals surface area contributed by atoms with Crippen LogP contribution in [-0.4, -0.2) is 30.1 Å². The molecule has 3 aromatic carbocycles. The number of ketones is 1. The maximum Gasteiger partial charge on any atom is 0.312 e. The largest absolute Gasteiger partial charge is 0.508 e. The van der Waals surface area contributed by atoms with Crippen LogP contribution in [0, 0.1) is 0 Å². The molecule has 0 aromatic heterocycles. The number of benzene rings is 3. The van der Waals surface area contributed by atoms with Crippen LogP contribution in [0.3, 0.4) is 0 Å². The zero-order chi connectivity index (χ0) is 22.5. The highest BCUT2D eigenvalue weighted by atomic mass is 16.6. The van der Waals surface area contributed by atoms with E-state index in [4.69, 9.17) is 18.9 Å². The molecule has 0 radical (unpaired) electrons. The lowest BCUT2D eigenvalue weighted by Crippen LogP contribution is -2.21. The summed E-state index contributed by atoms with van der Waals surface area (Å²) in [6, 6.07) is 15.3. The molecule has 7 nitrogen and oxygen atoms in total. The summed E-state index contributed by atoms with van der Waals surface area (Å²) in [4.78, 5) is 25.4. The maximum atomic E-state index is 13.1. The lowest BCUT2D eigenvalue weighted by atomic mass is 9.84. The summed E-state index contributed by atoms with van der Waals surface area (Å²) >= 11 is 0. The third-order valence-electron chi connectivity index (χ3n) is 5.94. The Morgan fingerprint density at radius 3 is 2.42 bits per heavy atom. The van der Waals surface area contributed by atoms with Crippen LogP contribution in [0.1, 0.15) is 39.4 Å². The summed E-state index contributed by atoms with van der Waals surface area (Å²) in [6.45, 7) is 0.972. The predicted molar refractivity (Wildman–Crippen MR) is 117 cm³/mol. The van der Waals surface area contributed by atoms with Gasteiger partial charge in [-0.05, 0) is 53.6 Å². The van der Waals surface area contributed by atoms with Gasteiger partial charge in [0.15, 0.2) is 17.3 Å². The van der Waals surface area contributed by atoms with Crippen LogP contribution < -0.4 is 18.9 Å². The molecule has 7 heteroatoms. The number of carbonyl (C=O) groups excluding carboxylic acids is 2. The second-order valence-corrected chi connectivity index (χ2v) is 8.02. The number of fused-ring (bicyclic) bond motifs is 4. The molecule has 33 heavy (non-hydrogen) atoms. The highest BCUT2D eigenvalue weighted by Gasteiger charge is 2.38. The van der Waals surface area contributed by atoms with Crippen molar-refractivity contribution in [3.63, 3.8) is 0 Å². The first-order valence-electron chi connectivity index (χ1n) is 10.6. The lowest BCUT2D eigenvalue weighted by Gasteiger charge is -2.26. The molecule has 3 aliphatic heterocycles. The Kier molecular flexibility index (Phi) is 4.36. The van der Waals surface area contributed by atoms with Crippen molar-refractivity contribution in [1.29, 1.82) is 0 Å². The van der Waals surface area contributed by atoms with Crippen molar-refractivity contribution in [3.8, 4) is 28.7 Å². The van der Waals surface area contributed by atoms with E-state index in [2.05, 4.69) is 0 Å². The summed E-state index contributed by atoms with van der Waals surface area (Å²) in [5, 5.41) is 9.66. The van der Waals surface area contributed by atoms with Crippen molar-refractivity contribution in [1.82, 2.24) is 0 Å². The van der Waals surface area contributed by atoms with Gasteiger partial charge >= 0.3 is 5.97 Å². The van der Waals surface area contributed by atoms with Crippen LogP contribution in [0.2, 0.25) is 0 Å². The highest BCUT2D eigenvalue weighted by molar-refractivity contribution is 6.15. The van der Waals surface area contributed by atoms with E-state index in [0.29, 0.717) is 47.3 Å². The Balaban J connectivity index is 1.41. The van der Waals surface area contributed by atoms with Crippen LogP contribution >= 0.6 is 0 Å². The zero-order valence-electron chi connectivity index (χ0n) is 17.4. The van der Waals surface area contributed by atoms with Gasteiger partial charge in [-0.3, -0.25) is 9.59 Å². The normalized spacial score (nSPS) is 19.5. The van der Waals surface area contributed by atoms with Gasteiger partial charge in [0.25, 0.3) is 0 Å². The molecule has 164 valence electrons. The van der Waals surface area contributed by atoms with E-state index >= 15 is 0 Å². The van der Waals surface area contributed by atoms with Crippen molar-refractivity contribution in [2.24, 2.45) is 0 Å². The topological polar surface area (TPSA) is 91.3 Å². The lowest BCUT2D eigenvalue weighted by molar-refractivity contribution is -0.135. The van der Waals surface area contributed by atoms with Crippen LogP contribution in [0.5, 0.6) is 28.7 Å². The summed E-state index contributed by atoms with van der Waals surface area (Å²) in [5.74, 6) is 1.39. The van der Waals surface area contributed by atoms with E-state index in [1.807, 2.05) is 6.07 Å². The van der Waals surface area contributed by atoms with E-state index < -0.39 is 0 Å². The van der Waals surface area contributed by atoms with Gasteiger partial charge in [-0.25, -0.2) is 0 Å².